The zero-order valence-corrected chi connectivity index (χ0v) is 9.88. The van der Waals surface area contributed by atoms with Crippen LogP contribution in [0.15, 0.2) is 34.9 Å². The molecule has 2 aromatic rings. The van der Waals surface area contributed by atoms with E-state index in [0.29, 0.717) is 18.0 Å². The Balaban J connectivity index is 2.19. The number of hydrogen-bond acceptors (Lipinski definition) is 4. The molecule has 0 fully saturated rings. The van der Waals surface area contributed by atoms with Crippen LogP contribution in [0.2, 0.25) is 0 Å². The van der Waals surface area contributed by atoms with Crippen molar-refractivity contribution in [2.45, 2.75) is 19.4 Å². The van der Waals surface area contributed by atoms with Crippen LogP contribution in [0.4, 0.5) is 0 Å². The second-order valence-electron chi connectivity index (χ2n) is 3.83. The fourth-order valence-corrected chi connectivity index (χ4v) is 1.61. The second kappa shape index (κ2) is 5.01. The van der Waals surface area contributed by atoms with Gasteiger partial charge in [-0.2, -0.15) is 0 Å². The monoisotopic (exact) mass is 233 g/mol. The summed E-state index contributed by atoms with van der Waals surface area (Å²) in [7, 11) is 1.63. The molecule has 4 heteroatoms. The predicted octanol–water partition coefficient (Wildman–Crippen LogP) is 2.33. The predicted molar refractivity (Wildman–Crippen MR) is 62.9 cm³/mol. The number of ether oxygens (including phenoxy) is 1. The van der Waals surface area contributed by atoms with Crippen molar-refractivity contribution in [1.29, 1.82) is 0 Å². The highest BCUT2D eigenvalue weighted by Gasteiger charge is 2.11. The number of nitrogens with zero attached hydrogens (tertiary/aromatic N) is 1. The maximum absolute atomic E-state index is 9.36. The van der Waals surface area contributed by atoms with Crippen molar-refractivity contribution in [1.82, 2.24) is 4.98 Å². The first-order valence-corrected chi connectivity index (χ1v) is 5.45. The quantitative estimate of drug-likeness (QED) is 0.880. The third-order valence-electron chi connectivity index (χ3n) is 2.53. The van der Waals surface area contributed by atoms with Crippen LogP contribution >= 0.6 is 0 Å². The Morgan fingerprint density at radius 2 is 2.18 bits per heavy atom. The molecular formula is C13H15NO3. The van der Waals surface area contributed by atoms with Crippen molar-refractivity contribution in [3.05, 3.63) is 47.7 Å². The zero-order valence-electron chi connectivity index (χ0n) is 9.88. The van der Waals surface area contributed by atoms with Crippen LogP contribution in [0.5, 0.6) is 5.75 Å². The number of oxazole rings is 1. The van der Waals surface area contributed by atoms with E-state index >= 15 is 0 Å². The maximum Gasteiger partial charge on any atom is 0.198 e. The molecule has 1 unspecified atom stereocenters. The highest BCUT2D eigenvalue weighted by atomic mass is 16.5. The Labute approximate surface area is 99.9 Å². The van der Waals surface area contributed by atoms with Crippen LogP contribution < -0.4 is 4.74 Å². The zero-order chi connectivity index (χ0) is 12.3. The summed E-state index contributed by atoms with van der Waals surface area (Å²) in [5, 5.41) is 9.36. The lowest BCUT2D eigenvalue weighted by Crippen LogP contribution is -1.95. The normalized spacial score (nSPS) is 12.4. The lowest BCUT2D eigenvalue weighted by Gasteiger charge is -2.05. The van der Waals surface area contributed by atoms with E-state index in [4.69, 9.17) is 9.15 Å². The SMILES string of the molecule is COc1ccccc1Cc1nc(C(C)O)co1. The summed E-state index contributed by atoms with van der Waals surface area (Å²) in [4.78, 5) is 4.21. The van der Waals surface area contributed by atoms with Gasteiger partial charge in [0.05, 0.1) is 19.6 Å². The number of para-hydroxylation sites is 1. The van der Waals surface area contributed by atoms with Gasteiger partial charge in [0.15, 0.2) is 5.89 Å². The van der Waals surface area contributed by atoms with Crippen LogP contribution in [0.25, 0.3) is 0 Å². The van der Waals surface area contributed by atoms with Crippen LogP contribution in [-0.2, 0) is 6.42 Å². The van der Waals surface area contributed by atoms with Crippen molar-refractivity contribution < 1.29 is 14.3 Å². The van der Waals surface area contributed by atoms with Gasteiger partial charge in [-0.15, -0.1) is 0 Å². The van der Waals surface area contributed by atoms with E-state index in [1.807, 2.05) is 24.3 Å². The Bertz CT molecular complexity index is 491. The van der Waals surface area contributed by atoms with E-state index in [1.165, 1.54) is 6.26 Å². The van der Waals surface area contributed by atoms with Gasteiger partial charge in [0, 0.05) is 5.56 Å². The Morgan fingerprint density at radius 3 is 2.82 bits per heavy atom. The van der Waals surface area contributed by atoms with Gasteiger partial charge in [-0.05, 0) is 13.0 Å². The molecule has 0 spiro atoms. The number of hydrogen-bond donors (Lipinski definition) is 1. The van der Waals surface area contributed by atoms with E-state index in [1.54, 1.807) is 14.0 Å². The lowest BCUT2D eigenvalue weighted by molar-refractivity contribution is 0.194. The molecule has 4 nitrogen and oxygen atoms in total. The van der Waals surface area contributed by atoms with Crippen molar-refractivity contribution in [3.8, 4) is 5.75 Å². The molecule has 0 bridgehead atoms. The van der Waals surface area contributed by atoms with E-state index in [-0.39, 0.29) is 0 Å². The average Bonchev–Trinajstić information content (AvgIpc) is 2.78. The smallest absolute Gasteiger partial charge is 0.198 e. The summed E-state index contributed by atoms with van der Waals surface area (Å²) in [6, 6.07) is 7.72. The standard InChI is InChI=1S/C13H15NO3/c1-9(15)11-8-17-13(14-11)7-10-5-3-4-6-12(10)16-2/h3-6,8-9,15H,7H2,1-2H3. The minimum absolute atomic E-state index is 0.551. The number of aliphatic hydroxyl groups is 1. The summed E-state index contributed by atoms with van der Waals surface area (Å²) < 4.78 is 10.6. The van der Waals surface area contributed by atoms with Crippen LogP contribution in [0, 0.1) is 0 Å². The maximum atomic E-state index is 9.36. The molecule has 1 N–H and O–H groups in total. The van der Waals surface area contributed by atoms with Gasteiger partial charge in [0.2, 0.25) is 0 Å². The minimum atomic E-state index is -0.606. The largest absolute Gasteiger partial charge is 0.496 e. The van der Waals surface area contributed by atoms with Crippen molar-refractivity contribution in [2.75, 3.05) is 7.11 Å². The first kappa shape index (κ1) is 11.7. The summed E-state index contributed by atoms with van der Waals surface area (Å²) in [6.07, 6.45) is 1.43. The van der Waals surface area contributed by atoms with Crippen molar-refractivity contribution in [2.24, 2.45) is 0 Å². The molecule has 0 aliphatic rings. The van der Waals surface area contributed by atoms with Gasteiger partial charge in [-0.25, -0.2) is 4.98 Å². The Kier molecular flexibility index (Phi) is 3.44. The third-order valence-corrected chi connectivity index (χ3v) is 2.53. The van der Waals surface area contributed by atoms with Crippen LogP contribution in [0.1, 0.15) is 30.2 Å². The summed E-state index contributed by atoms with van der Waals surface area (Å²) in [6.45, 7) is 1.66. The van der Waals surface area contributed by atoms with Crippen LogP contribution in [-0.4, -0.2) is 17.2 Å². The molecule has 0 aliphatic carbocycles. The molecule has 1 atom stereocenters. The third kappa shape index (κ3) is 2.65. The molecule has 0 aliphatic heterocycles. The van der Waals surface area contributed by atoms with E-state index in [2.05, 4.69) is 4.98 Å². The van der Waals surface area contributed by atoms with Crippen molar-refractivity contribution >= 4 is 0 Å². The fraction of sp³-hybridized carbons (Fsp3) is 0.308. The van der Waals surface area contributed by atoms with E-state index in [9.17, 15) is 5.11 Å². The Morgan fingerprint density at radius 1 is 1.41 bits per heavy atom. The average molecular weight is 233 g/mol. The number of aromatic nitrogens is 1. The first-order chi connectivity index (χ1) is 8.20. The molecule has 2 rings (SSSR count). The van der Waals surface area contributed by atoms with Crippen molar-refractivity contribution in [3.63, 3.8) is 0 Å². The van der Waals surface area contributed by atoms with Gasteiger partial charge >= 0.3 is 0 Å². The van der Waals surface area contributed by atoms with E-state index < -0.39 is 6.10 Å². The molecule has 1 aromatic heterocycles. The van der Waals surface area contributed by atoms with Gasteiger partial charge in [-0.3, -0.25) is 0 Å². The molecule has 90 valence electrons. The molecule has 17 heavy (non-hydrogen) atoms. The first-order valence-electron chi connectivity index (χ1n) is 5.45. The summed E-state index contributed by atoms with van der Waals surface area (Å²) in [5.74, 6) is 1.38. The summed E-state index contributed by atoms with van der Waals surface area (Å²) >= 11 is 0. The van der Waals surface area contributed by atoms with E-state index in [0.717, 1.165) is 11.3 Å². The Hall–Kier alpha value is -1.81. The number of methoxy groups -OCH3 is 1. The number of rotatable bonds is 4. The summed E-state index contributed by atoms with van der Waals surface area (Å²) in [5.41, 5.74) is 1.56. The highest BCUT2D eigenvalue weighted by Crippen LogP contribution is 2.21. The molecular weight excluding hydrogens is 218 g/mol. The van der Waals surface area contributed by atoms with Gasteiger partial charge in [0.25, 0.3) is 0 Å². The van der Waals surface area contributed by atoms with Gasteiger partial charge in [0.1, 0.15) is 17.7 Å². The fourth-order valence-electron chi connectivity index (χ4n) is 1.61. The highest BCUT2D eigenvalue weighted by molar-refractivity contribution is 5.35. The molecule has 0 amide bonds. The topological polar surface area (TPSA) is 55.5 Å². The van der Waals surface area contributed by atoms with Gasteiger partial charge < -0.3 is 14.3 Å². The second-order valence-corrected chi connectivity index (χ2v) is 3.83. The number of aliphatic hydroxyl groups excluding tert-OH is 1. The molecule has 0 saturated heterocycles. The molecule has 0 saturated carbocycles. The number of benzene rings is 1. The van der Waals surface area contributed by atoms with Gasteiger partial charge in [-0.1, -0.05) is 18.2 Å². The minimum Gasteiger partial charge on any atom is -0.496 e. The lowest BCUT2D eigenvalue weighted by atomic mass is 10.1. The molecule has 1 aromatic carbocycles. The molecule has 0 radical (unpaired) electrons. The molecule has 1 heterocycles. The van der Waals surface area contributed by atoms with Crippen LogP contribution in [0.3, 0.4) is 0 Å².